The van der Waals surface area contributed by atoms with E-state index >= 15 is 0 Å². The Labute approximate surface area is 182 Å². The smallest absolute Gasteiger partial charge is 0.214 e. The normalized spacial score (nSPS) is 17.5. The van der Waals surface area contributed by atoms with E-state index in [0.29, 0.717) is 25.4 Å². The minimum absolute atomic E-state index is 0.238. The molecule has 2 rings (SSSR count). The Morgan fingerprint density at radius 3 is 2.47 bits per heavy atom. The zero-order valence-corrected chi connectivity index (χ0v) is 19.7. The lowest BCUT2D eigenvalue weighted by Crippen LogP contribution is -2.50. The molecule has 1 aliphatic rings. The summed E-state index contributed by atoms with van der Waals surface area (Å²) in [7, 11) is -1.42. The molecule has 170 valence electrons. The van der Waals surface area contributed by atoms with Gasteiger partial charge in [-0.25, -0.2) is 12.7 Å². The molecule has 7 nitrogen and oxygen atoms in total. The van der Waals surface area contributed by atoms with Crippen molar-refractivity contribution in [2.75, 3.05) is 39.0 Å². The number of hydrogen-bond acceptors (Lipinski definition) is 4. The van der Waals surface area contributed by atoms with Gasteiger partial charge in [-0.3, -0.25) is 4.99 Å². The summed E-state index contributed by atoms with van der Waals surface area (Å²) >= 11 is 0. The van der Waals surface area contributed by atoms with Gasteiger partial charge in [0.25, 0.3) is 0 Å². The average Bonchev–Trinajstić information content (AvgIpc) is 2.74. The maximum atomic E-state index is 12.2. The molecule has 0 aliphatic carbocycles. The molecule has 1 aromatic carbocycles. The van der Waals surface area contributed by atoms with Crippen LogP contribution in [0, 0.1) is 0 Å². The van der Waals surface area contributed by atoms with E-state index in [1.165, 1.54) is 5.56 Å². The fraction of sp³-hybridized carbons (Fsp3) is 0.682. The SMILES string of the molecule is CCCS(=O)(=O)N1CCC(NC(=NCCC(C)c2ccc(OC)cc2)NCC)CC1. The maximum Gasteiger partial charge on any atom is 0.214 e. The van der Waals surface area contributed by atoms with E-state index in [1.54, 1.807) is 11.4 Å². The predicted molar refractivity (Wildman–Crippen MR) is 124 cm³/mol. The number of ether oxygens (including phenoxy) is 1. The first-order valence-electron chi connectivity index (χ1n) is 11.1. The molecule has 0 amide bonds. The van der Waals surface area contributed by atoms with Crippen LogP contribution in [0.25, 0.3) is 0 Å². The van der Waals surface area contributed by atoms with E-state index in [-0.39, 0.29) is 11.8 Å². The van der Waals surface area contributed by atoms with Crippen molar-refractivity contribution in [3.8, 4) is 5.75 Å². The largest absolute Gasteiger partial charge is 0.497 e. The Morgan fingerprint density at radius 2 is 1.90 bits per heavy atom. The summed E-state index contributed by atoms with van der Waals surface area (Å²) in [5.74, 6) is 2.33. The highest BCUT2D eigenvalue weighted by Crippen LogP contribution is 2.22. The van der Waals surface area contributed by atoms with Gasteiger partial charge in [-0.05, 0) is 56.2 Å². The van der Waals surface area contributed by atoms with Crippen molar-refractivity contribution in [1.29, 1.82) is 0 Å². The predicted octanol–water partition coefficient (Wildman–Crippen LogP) is 2.95. The van der Waals surface area contributed by atoms with Crippen molar-refractivity contribution >= 4 is 16.0 Å². The summed E-state index contributed by atoms with van der Waals surface area (Å²) in [6.45, 7) is 8.85. The van der Waals surface area contributed by atoms with Crippen molar-refractivity contribution < 1.29 is 13.2 Å². The van der Waals surface area contributed by atoms with Gasteiger partial charge in [0.2, 0.25) is 10.0 Å². The number of sulfonamides is 1. The molecule has 1 unspecified atom stereocenters. The Kier molecular flexibility index (Phi) is 9.91. The first-order chi connectivity index (χ1) is 14.4. The second kappa shape index (κ2) is 12.2. The highest BCUT2D eigenvalue weighted by Gasteiger charge is 2.27. The molecular formula is C22H38N4O3S. The van der Waals surface area contributed by atoms with Gasteiger partial charge in [-0.2, -0.15) is 0 Å². The fourth-order valence-electron chi connectivity index (χ4n) is 3.65. The third kappa shape index (κ3) is 7.47. The maximum absolute atomic E-state index is 12.2. The van der Waals surface area contributed by atoms with Crippen LogP contribution in [0.5, 0.6) is 5.75 Å². The summed E-state index contributed by atoms with van der Waals surface area (Å²) in [4.78, 5) is 4.74. The molecule has 1 aliphatic heterocycles. The minimum Gasteiger partial charge on any atom is -0.497 e. The van der Waals surface area contributed by atoms with Gasteiger partial charge in [0.1, 0.15) is 5.75 Å². The van der Waals surface area contributed by atoms with Gasteiger partial charge in [-0.15, -0.1) is 0 Å². The molecule has 30 heavy (non-hydrogen) atoms. The van der Waals surface area contributed by atoms with Gasteiger partial charge in [0, 0.05) is 32.2 Å². The third-order valence-electron chi connectivity index (χ3n) is 5.51. The van der Waals surface area contributed by atoms with Crippen molar-refractivity contribution in [2.45, 2.75) is 58.4 Å². The molecule has 2 N–H and O–H groups in total. The second-order valence-corrected chi connectivity index (χ2v) is 9.95. The highest BCUT2D eigenvalue weighted by molar-refractivity contribution is 7.89. The first kappa shape index (κ1) is 24.5. The van der Waals surface area contributed by atoms with Crippen LogP contribution in [0.1, 0.15) is 57.9 Å². The zero-order chi connectivity index (χ0) is 22.0. The molecule has 0 spiro atoms. The van der Waals surface area contributed by atoms with Crippen LogP contribution in [-0.2, 0) is 10.0 Å². The van der Waals surface area contributed by atoms with E-state index in [0.717, 1.165) is 44.1 Å². The average molecular weight is 439 g/mol. The van der Waals surface area contributed by atoms with Crippen LogP contribution in [0.2, 0.25) is 0 Å². The van der Waals surface area contributed by atoms with Crippen LogP contribution >= 0.6 is 0 Å². The van der Waals surface area contributed by atoms with E-state index < -0.39 is 10.0 Å². The second-order valence-electron chi connectivity index (χ2n) is 7.86. The minimum atomic E-state index is -3.10. The van der Waals surface area contributed by atoms with Crippen LogP contribution in [0.4, 0.5) is 0 Å². The Hall–Kier alpha value is -1.80. The molecule has 0 radical (unpaired) electrons. The van der Waals surface area contributed by atoms with E-state index in [9.17, 15) is 8.42 Å². The number of benzene rings is 1. The first-order valence-corrected chi connectivity index (χ1v) is 12.7. The lowest BCUT2D eigenvalue weighted by Gasteiger charge is -2.32. The zero-order valence-electron chi connectivity index (χ0n) is 18.9. The van der Waals surface area contributed by atoms with E-state index in [2.05, 4.69) is 36.6 Å². The van der Waals surface area contributed by atoms with Crippen molar-refractivity contribution in [3.63, 3.8) is 0 Å². The number of nitrogens with one attached hydrogen (secondary N) is 2. The fourth-order valence-corrected chi connectivity index (χ4v) is 5.19. The number of hydrogen-bond donors (Lipinski definition) is 2. The van der Waals surface area contributed by atoms with E-state index in [1.807, 2.05) is 19.1 Å². The Morgan fingerprint density at radius 1 is 1.23 bits per heavy atom. The molecule has 1 atom stereocenters. The van der Waals surface area contributed by atoms with Crippen molar-refractivity contribution in [1.82, 2.24) is 14.9 Å². The van der Waals surface area contributed by atoms with Gasteiger partial charge in [0.15, 0.2) is 5.96 Å². The Bertz CT molecular complexity index is 757. The molecular weight excluding hydrogens is 400 g/mol. The molecule has 1 aromatic rings. The van der Waals surface area contributed by atoms with Gasteiger partial charge < -0.3 is 15.4 Å². The van der Waals surface area contributed by atoms with E-state index in [4.69, 9.17) is 9.73 Å². The number of rotatable bonds is 10. The van der Waals surface area contributed by atoms with Gasteiger partial charge >= 0.3 is 0 Å². The molecule has 0 aromatic heterocycles. The monoisotopic (exact) mass is 438 g/mol. The summed E-state index contributed by atoms with van der Waals surface area (Å²) in [6.07, 6.45) is 3.22. The number of guanidine groups is 1. The molecule has 1 fully saturated rings. The third-order valence-corrected chi connectivity index (χ3v) is 7.59. The standard InChI is InChI=1S/C22H38N4O3S/c1-5-17-30(27,28)26-15-12-20(13-16-26)25-22(23-6-2)24-14-11-18(3)19-7-9-21(29-4)10-8-19/h7-10,18,20H,5-6,11-17H2,1-4H3,(H2,23,24,25). The quantitative estimate of drug-likeness (QED) is 0.433. The van der Waals surface area contributed by atoms with Crippen LogP contribution < -0.4 is 15.4 Å². The van der Waals surface area contributed by atoms with Crippen LogP contribution in [0.3, 0.4) is 0 Å². The number of methoxy groups -OCH3 is 1. The molecule has 1 saturated heterocycles. The summed E-state index contributed by atoms with van der Waals surface area (Å²) in [5, 5.41) is 6.80. The van der Waals surface area contributed by atoms with Crippen molar-refractivity contribution in [2.24, 2.45) is 4.99 Å². The summed E-state index contributed by atoms with van der Waals surface area (Å²) in [5.41, 5.74) is 1.28. The van der Waals surface area contributed by atoms with Gasteiger partial charge in [-0.1, -0.05) is 26.0 Å². The lowest BCUT2D eigenvalue weighted by molar-refractivity contribution is 0.306. The number of aliphatic imine (C=N–C) groups is 1. The number of piperidine rings is 1. The molecule has 1 heterocycles. The lowest BCUT2D eigenvalue weighted by atomic mass is 9.98. The summed E-state index contributed by atoms with van der Waals surface area (Å²) < 4.78 is 31.3. The molecule has 0 bridgehead atoms. The topological polar surface area (TPSA) is 83.0 Å². The molecule has 0 saturated carbocycles. The summed E-state index contributed by atoms with van der Waals surface area (Å²) in [6, 6.07) is 8.45. The van der Waals surface area contributed by atoms with Crippen LogP contribution in [-0.4, -0.2) is 63.8 Å². The highest BCUT2D eigenvalue weighted by atomic mass is 32.2. The molecule has 8 heteroatoms. The number of nitrogens with zero attached hydrogens (tertiary/aromatic N) is 2. The Balaban J connectivity index is 1.84. The van der Waals surface area contributed by atoms with Gasteiger partial charge in [0.05, 0.1) is 12.9 Å². The van der Waals surface area contributed by atoms with Crippen molar-refractivity contribution in [3.05, 3.63) is 29.8 Å². The van der Waals surface area contributed by atoms with Crippen LogP contribution in [0.15, 0.2) is 29.3 Å².